The molecule has 0 atom stereocenters. The Labute approximate surface area is 84.2 Å². The predicted molar refractivity (Wildman–Crippen MR) is 54.0 cm³/mol. The van der Waals surface area contributed by atoms with Crippen molar-refractivity contribution >= 4 is 0 Å². The molecule has 1 aromatic heterocycles. The number of likely N-dealkylation sites (N-methyl/N-ethyl adjacent to an activating group) is 1. The molecule has 1 fully saturated rings. The molecule has 1 aliphatic carbocycles. The van der Waals surface area contributed by atoms with Crippen LogP contribution in [0.4, 0.5) is 0 Å². The highest BCUT2D eigenvalue weighted by Gasteiger charge is 2.30. The first-order chi connectivity index (χ1) is 6.84. The predicted octanol–water partition coefficient (Wildman–Crippen LogP) is 1.34. The lowest BCUT2D eigenvalue weighted by Crippen LogP contribution is -2.28. The molecule has 1 aromatic rings. The third-order valence-corrected chi connectivity index (χ3v) is 3.20. The van der Waals surface area contributed by atoms with E-state index in [1.165, 1.54) is 29.8 Å². The molecule has 1 saturated carbocycles. The van der Waals surface area contributed by atoms with E-state index in [1.807, 2.05) is 0 Å². The second-order valence-electron chi connectivity index (χ2n) is 4.45. The normalized spacial score (nSPS) is 22.1. The van der Waals surface area contributed by atoms with E-state index in [9.17, 15) is 0 Å². The zero-order valence-corrected chi connectivity index (χ0v) is 8.53. The second-order valence-corrected chi connectivity index (χ2v) is 4.45. The molecular formula is C11H15N3. The van der Waals surface area contributed by atoms with Crippen molar-refractivity contribution in [1.29, 1.82) is 0 Å². The number of rotatable bonds is 1. The van der Waals surface area contributed by atoms with Crippen LogP contribution in [0.15, 0.2) is 6.33 Å². The van der Waals surface area contributed by atoms with Crippen LogP contribution < -0.4 is 0 Å². The summed E-state index contributed by atoms with van der Waals surface area (Å²) in [6, 6.07) is 0. The fourth-order valence-corrected chi connectivity index (χ4v) is 2.22. The number of hydrogen-bond donors (Lipinski definition) is 0. The zero-order chi connectivity index (χ0) is 9.54. The van der Waals surface area contributed by atoms with Gasteiger partial charge in [-0.15, -0.1) is 0 Å². The van der Waals surface area contributed by atoms with Gasteiger partial charge in [0.15, 0.2) is 0 Å². The summed E-state index contributed by atoms with van der Waals surface area (Å²) in [6.07, 6.45) is 5.54. The average Bonchev–Trinajstić information content (AvgIpc) is 2.99. The molecule has 2 heterocycles. The first kappa shape index (κ1) is 8.36. The molecule has 0 aromatic carbocycles. The van der Waals surface area contributed by atoms with Crippen molar-refractivity contribution in [3.63, 3.8) is 0 Å². The Hall–Kier alpha value is -0.960. The molecule has 74 valence electrons. The van der Waals surface area contributed by atoms with E-state index in [2.05, 4.69) is 21.9 Å². The van der Waals surface area contributed by atoms with Crippen molar-refractivity contribution in [2.75, 3.05) is 13.6 Å². The van der Waals surface area contributed by atoms with Gasteiger partial charge in [0.2, 0.25) is 0 Å². The Bertz CT molecular complexity index is 358. The minimum atomic E-state index is 0.759. The van der Waals surface area contributed by atoms with E-state index < -0.39 is 0 Å². The fourth-order valence-electron chi connectivity index (χ4n) is 2.22. The summed E-state index contributed by atoms with van der Waals surface area (Å²) < 4.78 is 0. The molecule has 14 heavy (non-hydrogen) atoms. The van der Waals surface area contributed by atoms with Crippen LogP contribution >= 0.6 is 0 Å². The maximum atomic E-state index is 4.45. The first-order valence-electron chi connectivity index (χ1n) is 5.36. The molecule has 0 saturated heterocycles. The largest absolute Gasteiger partial charge is 0.300 e. The van der Waals surface area contributed by atoms with E-state index in [1.54, 1.807) is 6.33 Å². The van der Waals surface area contributed by atoms with Crippen LogP contribution in [0.1, 0.15) is 35.7 Å². The summed E-state index contributed by atoms with van der Waals surface area (Å²) in [7, 11) is 2.15. The van der Waals surface area contributed by atoms with Gasteiger partial charge in [-0.1, -0.05) is 0 Å². The van der Waals surface area contributed by atoms with Gasteiger partial charge in [0, 0.05) is 19.0 Å². The number of aromatic nitrogens is 2. The van der Waals surface area contributed by atoms with Crippen molar-refractivity contribution in [1.82, 2.24) is 14.9 Å². The van der Waals surface area contributed by atoms with Crippen LogP contribution in [0.25, 0.3) is 0 Å². The van der Waals surface area contributed by atoms with Gasteiger partial charge in [-0.3, -0.25) is 0 Å². The van der Waals surface area contributed by atoms with Crippen molar-refractivity contribution in [2.24, 2.45) is 0 Å². The average molecular weight is 189 g/mol. The highest BCUT2D eigenvalue weighted by atomic mass is 15.1. The van der Waals surface area contributed by atoms with Gasteiger partial charge >= 0.3 is 0 Å². The summed E-state index contributed by atoms with van der Waals surface area (Å²) in [5.41, 5.74) is 4.06. The molecule has 0 N–H and O–H groups in total. The highest BCUT2D eigenvalue weighted by molar-refractivity contribution is 5.31. The van der Waals surface area contributed by atoms with Crippen molar-refractivity contribution in [2.45, 2.75) is 31.7 Å². The van der Waals surface area contributed by atoms with Crippen LogP contribution in [0.3, 0.4) is 0 Å². The molecular weight excluding hydrogens is 174 g/mol. The molecule has 0 radical (unpaired) electrons. The summed E-state index contributed by atoms with van der Waals surface area (Å²) >= 11 is 0. The van der Waals surface area contributed by atoms with Gasteiger partial charge < -0.3 is 4.90 Å². The molecule has 1 aliphatic heterocycles. The summed E-state index contributed by atoms with van der Waals surface area (Å²) in [4.78, 5) is 11.2. The van der Waals surface area contributed by atoms with Crippen LogP contribution in [0, 0.1) is 0 Å². The Morgan fingerprint density at radius 2 is 2.21 bits per heavy atom. The second kappa shape index (κ2) is 3.02. The highest BCUT2D eigenvalue weighted by Crippen LogP contribution is 2.41. The number of fused-ring (bicyclic) bond motifs is 1. The summed E-state index contributed by atoms with van der Waals surface area (Å²) in [5, 5.41) is 0. The van der Waals surface area contributed by atoms with Gasteiger partial charge in [-0.05, 0) is 31.9 Å². The molecule has 0 amide bonds. The topological polar surface area (TPSA) is 29.0 Å². The van der Waals surface area contributed by atoms with E-state index in [4.69, 9.17) is 0 Å². The molecule has 0 spiro atoms. The minimum absolute atomic E-state index is 0.759. The molecule has 3 nitrogen and oxygen atoms in total. The molecule has 3 heteroatoms. The Kier molecular flexibility index (Phi) is 1.80. The zero-order valence-electron chi connectivity index (χ0n) is 8.53. The van der Waals surface area contributed by atoms with Crippen molar-refractivity contribution in [3.05, 3.63) is 23.3 Å². The molecule has 2 aliphatic rings. The number of nitrogens with zero attached hydrogens (tertiary/aromatic N) is 3. The van der Waals surface area contributed by atoms with E-state index >= 15 is 0 Å². The van der Waals surface area contributed by atoms with Gasteiger partial charge in [0.1, 0.15) is 6.33 Å². The van der Waals surface area contributed by atoms with Crippen LogP contribution in [-0.4, -0.2) is 28.5 Å². The molecule has 3 rings (SSSR count). The van der Waals surface area contributed by atoms with Gasteiger partial charge in [0.05, 0.1) is 11.4 Å². The smallest absolute Gasteiger partial charge is 0.116 e. The van der Waals surface area contributed by atoms with Crippen LogP contribution in [0.5, 0.6) is 0 Å². The molecule has 0 bridgehead atoms. The summed E-state index contributed by atoms with van der Waals surface area (Å²) in [5.74, 6) is 0.759. The van der Waals surface area contributed by atoms with Crippen LogP contribution in [0.2, 0.25) is 0 Å². The van der Waals surface area contributed by atoms with Crippen molar-refractivity contribution in [3.8, 4) is 0 Å². The number of hydrogen-bond acceptors (Lipinski definition) is 3. The van der Waals surface area contributed by atoms with Gasteiger partial charge in [0.25, 0.3) is 0 Å². The Morgan fingerprint density at radius 1 is 1.36 bits per heavy atom. The van der Waals surface area contributed by atoms with E-state index in [0.717, 1.165) is 25.4 Å². The van der Waals surface area contributed by atoms with Crippen LogP contribution in [-0.2, 0) is 13.0 Å². The summed E-state index contributed by atoms with van der Waals surface area (Å²) in [6.45, 7) is 2.15. The van der Waals surface area contributed by atoms with Crippen molar-refractivity contribution < 1.29 is 0 Å². The fraction of sp³-hybridized carbons (Fsp3) is 0.636. The third kappa shape index (κ3) is 1.32. The lowest BCUT2D eigenvalue weighted by molar-refractivity contribution is 0.306. The Balaban J connectivity index is 2.02. The SMILES string of the molecule is CN1CCc2c(ncnc2C2CC2)C1. The first-order valence-corrected chi connectivity index (χ1v) is 5.36. The standard InChI is InChI=1S/C11H15N3/c1-14-5-4-9-10(6-14)12-7-13-11(9)8-2-3-8/h7-8H,2-6H2,1H3. The van der Waals surface area contributed by atoms with E-state index in [0.29, 0.717) is 0 Å². The Morgan fingerprint density at radius 3 is 3.00 bits per heavy atom. The maximum Gasteiger partial charge on any atom is 0.116 e. The van der Waals surface area contributed by atoms with Gasteiger partial charge in [-0.25, -0.2) is 9.97 Å². The monoisotopic (exact) mass is 189 g/mol. The van der Waals surface area contributed by atoms with E-state index in [-0.39, 0.29) is 0 Å². The maximum absolute atomic E-state index is 4.45. The molecule has 0 unspecified atom stereocenters. The lowest BCUT2D eigenvalue weighted by Gasteiger charge is -2.25. The third-order valence-electron chi connectivity index (χ3n) is 3.20. The van der Waals surface area contributed by atoms with Gasteiger partial charge in [-0.2, -0.15) is 0 Å². The quantitative estimate of drug-likeness (QED) is 0.667. The minimum Gasteiger partial charge on any atom is -0.300 e. The lowest BCUT2D eigenvalue weighted by atomic mass is 10.0.